The molecular formula is C16H26N2O. The monoisotopic (exact) mass is 262 g/mol. The van der Waals surface area contributed by atoms with Gasteiger partial charge in [-0.15, -0.1) is 0 Å². The number of methoxy groups -OCH3 is 1. The zero-order valence-electron chi connectivity index (χ0n) is 12.2. The van der Waals surface area contributed by atoms with Gasteiger partial charge in [-0.3, -0.25) is 0 Å². The molecule has 0 amide bonds. The fraction of sp³-hybridized carbons (Fsp3) is 0.625. The van der Waals surface area contributed by atoms with Crippen LogP contribution in [0.1, 0.15) is 18.4 Å². The number of hydrogen-bond donors (Lipinski definition) is 1. The summed E-state index contributed by atoms with van der Waals surface area (Å²) in [6, 6.07) is 8.41. The van der Waals surface area contributed by atoms with Gasteiger partial charge in [0.15, 0.2) is 0 Å². The van der Waals surface area contributed by atoms with Gasteiger partial charge in [-0.25, -0.2) is 0 Å². The van der Waals surface area contributed by atoms with Gasteiger partial charge in [0.25, 0.3) is 0 Å². The van der Waals surface area contributed by atoms with Crippen molar-refractivity contribution in [1.82, 2.24) is 10.2 Å². The average Bonchev–Trinajstić information content (AvgIpc) is 2.47. The molecule has 3 nitrogen and oxygen atoms in total. The first-order chi connectivity index (χ1) is 9.28. The standard InChI is InChI=1S/C16H26N2O/c1-18(13-15-4-3-10-17-12-15)11-9-14-5-7-16(19-2)8-6-14/h5-8,15,17H,3-4,9-13H2,1-2H3. The summed E-state index contributed by atoms with van der Waals surface area (Å²) in [7, 11) is 3.94. The Kier molecular flexibility index (Phi) is 5.67. The molecule has 0 saturated carbocycles. The van der Waals surface area contributed by atoms with Crippen LogP contribution in [-0.4, -0.2) is 45.2 Å². The van der Waals surface area contributed by atoms with Gasteiger partial charge in [0.1, 0.15) is 5.75 Å². The fourth-order valence-corrected chi connectivity index (χ4v) is 2.72. The van der Waals surface area contributed by atoms with E-state index in [-0.39, 0.29) is 0 Å². The highest BCUT2D eigenvalue weighted by molar-refractivity contribution is 5.27. The van der Waals surface area contributed by atoms with Crippen LogP contribution in [0.4, 0.5) is 0 Å². The van der Waals surface area contributed by atoms with E-state index in [2.05, 4.69) is 29.4 Å². The fourth-order valence-electron chi connectivity index (χ4n) is 2.72. The number of rotatable bonds is 6. The number of ether oxygens (including phenoxy) is 1. The van der Waals surface area contributed by atoms with Crippen LogP contribution in [0.2, 0.25) is 0 Å². The van der Waals surface area contributed by atoms with E-state index in [1.54, 1.807) is 7.11 Å². The van der Waals surface area contributed by atoms with Crippen LogP contribution in [0.5, 0.6) is 5.75 Å². The molecule has 1 aromatic carbocycles. The van der Waals surface area contributed by atoms with Crippen LogP contribution in [-0.2, 0) is 6.42 Å². The van der Waals surface area contributed by atoms with Crippen molar-refractivity contribution < 1.29 is 4.74 Å². The zero-order chi connectivity index (χ0) is 13.5. The third kappa shape index (κ3) is 4.84. The number of nitrogens with zero attached hydrogens (tertiary/aromatic N) is 1. The number of hydrogen-bond acceptors (Lipinski definition) is 3. The van der Waals surface area contributed by atoms with Crippen LogP contribution in [0.3, 0.4) is 0 Å². The molecule has 2 rings (SSSR count). The Hall–Kier alpha value is -1.06. The molecule has 1 aliphatic heterocycles. The Bertz CT molecular complexity index is 358. The summed E-state index contributed by atoms with van der Waals surface area (Å²) >= 11 is 0. The maximum Gasteiger partial charge on any atom is 0.118 e. The quantitative estimate of drug-likeness (QED) is 0.850. The van der Waals surface area contributed by atoms with Crippen LogP contribution in [0, 0.1) is 5.92 Å². The third-order valence-electron chi connectivity index (χ3n) is 3.91. The molecule has 1 N–H and O–H groups in total. The predicted molar refractivity (Wildman–Crippen MR) is 79.8 cm³/mol. The van der Waals surface area contributed by atoms with E-state index in [1.807, 2.05) is 12.1 Å². The molecule has 1 atom stereocenters. The number of nitrogens with one attached hydrogen (secondary N) is 1. The Balaban J connectivity index is 1.71. The van der Waals surface area contributed by atoms with Gasteiger partial charge in [-0.05, 0) is 63.0 Å². The van der Waals surface area contributed by atoms with E-state index in [1.165, 1.54) is 38.0 Å². The van der Waals surface area contributed by atoms with Crippen molar-refractivity contribution in [1.29, 1.82) is 0 Å². The average molecular weight is 262 g/mol. The first-order valence-corrected chi connectivity index (χ1v) is 7.30. The SMILES string of the molecule is COc1ccc(CCN(C)CC2CCCNC2)cc1. The van der Waals surface area contributed by atoms with E-state index in [0.717, 1.165) is 24.6 Å². The molecule has 1 saturated heterocycles. The predicted octanol–water partition coefficient (Wildman–Crippen LogP) is 2.17. The normalized spacial score (nSPS) is 19.6. The first-order valence-electron chi connectivity index (χ1n) is 7.30. The molecule has 1 unspecified atom stereocenters. The van der Waals surface area contributed by atoms with E-state index in [4.69, 9.17) is 4.74 Å². The lowest BCUT2D eigenvalue weighted by atomic mass is 9.99. The maximum absolute atomic E-state index is 5.18. The van der Waals surface area contributed by atoms with Crippen molar-refractivity contribution >= 4 is 0 Å². The van der Waals surface area contributed by atoms with Crippen LogP contribution in [0.15, 0.2) is 24.3 Å². The van der Waals surface area contributed by atoms with Crippen LogP contribution in [0.25, 0.3) is 0 Å². The largest absolute Gasteiger partial charge is 0.497 e. The highest BCUT2D eigenvalue weighted by atomic mass is 16.5. The highest BCUT2D eigenvalue weighted by Gasteiger charge is 2.14. The topological polar surface area (TPSA) is 24.5 Å². The molecule has 1 fully saturated rings. The van der Waals surface area contributed by atoms with Crippen LogP contribution >= 0.6 is 0 Å². The Morgan fingerprint density at radius 1 is 1.32 bits per heavy atom. The van der Waals surface area contributed by atoms with Crippen LogP contribution < -0.4 is 10.1 Å². The zero-order valence-corrected chi connectivity index (χ0v) is 12.2. The van der Waals surface area contributed by atoms with Gasteiger partial charge in [0.05, 0.1) is 7.11 Å². The minimum atomic E-state index is 0.828. The van der Waals surface area contributed by atoms with Crippen molar-refractivity contribution in [2.45, 2.75) is 19.3 Å². The Morgan fingerprint density at radius 2 is 2.11 bits per heavy atom. The molecule has 3 heteroatoms. The summed E-state index contributed by atoms with van der Waals surface area (Å²) < 4.78 is 5.18. The van der Waals surface area contributed by atoms with Crippen molar-refractivity contribution in [3.05, 3.63) is 29.8 Å². The summed E-state index contributed by atoms with van der Waals surface area (Å²) in [5, 5.41) is 3.49. The molecule has 0 aromatic heterocycles. The number of likely N-dealkylation sites (N-methyl/N-ethyl adjacent to an activating group) is 1. The lowest BCUT2D eigenvalue weighted by Crippen LogP contribution is -2.37. The van der Waals surface area contributed by atoms with Gasteiger partial charge in [-0.2, -0.15) is 0 Å². The van der Waals surface area contributed by atoms with Crippen molar-refractivity contribution in [2.75, 3.05) is 40.3 Å². The second kappa shape index (κ2) is 7.51. The Labute approximate surface area is 116 Å². The van der Waals surface area contributed by atoms with Gasteiger partial charge < -0.3 is 15.0 Å². The van der Waals surface area contributed by atoms with Crippen molar-refractivity contribution in [2.24, 2.45) is 5.92 Å². The third-order valence-corrected chi connectivity index (χ3v) is 3.91. The van der Waals surface area contributed by atoms with Crippen molar-refractivity contribution in [3.63, 3.8) is 0 Å². The smallest absolute Gasteiger partial charge is 0.118 e. The second-order valence-electron chi connectivity index (χ2n) is 5.57. The van der Waals surface area contributed by atoms with Gasteiger partial charge in [-0.1, -0.05) is 12.1 Å². The molecule has 0 bridgehead atoms. The molecule has 0 spiro atoms. The molecular weight excluding hydrogens is 236 g/mol. The summed E-state index contributed by atoms with van der Waals surface area (Å²) in [6.45, 7) is 4.73. The van der Waals surface area contributed by atoms with Gasteiger partial charge in [0.2, 0.25) is 0 Å². The van der Waals surface area contributed by atoms with E-state index < -0.39 is 0 Å². The summed E-state index contributed by atoms with van der Waals surface area (Å²) in [4.78, 5) is 2.46. The van der Waals surface area contributed by atoms with Gasteiger partial charge in [0, 0.05) is 13.1 Å². The Morgan fingerprint density at radius 3 is 2.74 bits per heavy atom. The van der Waals surface area contributed by atoms with Gasteiger partial charge >= 0.3 is 0 Å². The highest BCUT2D eigenvalue weighted by Crippen LogP contribution is 2.13. The maximum atomic E-state index is 5.18. The summed E-state index contributed by atoms with van der Waals surface area (Å²) in [5.74, 6) is 1.76. The molecule has 1 aromatic rings. The molecule has 106 valence electrons. The minimum Gasteiger partial charge on any atom is -0.497 e. The van der Waals surface area contributed by atoms with E-state index >= 15 is 0 Å². The molecule has 0 radical (unpaired) electrons. The summed E-state index contributed by atoms with van der Waals surface area (Å²) in [5.41, 5.74) is 1.38. The lowest BCUT2D eigenvalue weighted by molar-refractivity contribution is 0.245. The van der Waals surface area contributed by atoms with E-state index in [9.17, 15) is 0 Å². The molecule has 19 heavy (non-hydrogen) atoms. The lowest BCUT2D eigenvalue weighted by Gasteiger charge is -2.27. The second-order valence-corrected chi connectivity index (χ2v) is 5.57. The van der Waals surface area contributed by atoms with E-state index in [0.29, 0.717) is 0 Å². The first kappa shape index (κ1) is 14.4. The molecule has 1 heterocycles. The van der Waals surface area contributed by atoms with Crippen molar-refractivity contribution in [3.8, 4) is 5.75 Å². The molecule has 1 aliphatic rings. The minimum absolute atomic E-state index is 0.828. The summed E-state index contributed by atoms with van der Waals surface area (Å²) in [6.07, 6.45) is 3.82. The number of benzene rings is 1. The molecule has 0 aliphatic carbocycles. The number of piperidine rings is 1.